The second-order valence-electron chi connectivity index (χ2n) is 5.76. The van der Waals surface area contributed by atoms with Crippen LogP contribution in [0.15, 0.2) is 28.8 Å². The first-order valence-corrected chi connectivity index (χ1v) is 9.75. The maximum atomic E-state index is 12.5. The molecule has 0 aliphatic heterocycles. The summed E-state index contributed by atoms with van der Waals surface area (Å²) in [5, 5.41) is 3.32. The zero-order valence-corrected chi connectivity index (χ0v) is 15.7. The average Bonchev–Trinajstić information content (AvgIpc) is 3.11. The molecule has 7 nitrogen and oxygen atoms in total. The van der Waals surface area contributed by atoms with Crippen LogP contribution in [0.1, 0.15) is 24.8 Å². The molecule has 0 aliphatic rings. The molecule has 2 rings (SSSR count). The summed E-state index contributed by atoms with van der Waals surface area (Å²) < 4.78 is 72.7. The van der Waals surface area contributed by atoms with E-state index in [1.807, 2.05) is 6.92 Å². The Labute approximate surface area is 155 Å². The molecule has 1 aromatic heterocycles. The molecule has 0 amide bonds. The number of hydrogen-bond donors (Lipinski definition) is 0. The zero-order chi connectivity index (χ0) is 20.1. The van der Waals surface area contributed by atoms with Gasteiger partial charge in [0.1, 0.15) is 0 Å². The highest BCUT2D eigenvalue weighted by molar-refractivity contribution is 7.89. The highest BCUT2D eigenvalue weighted by Gasteiger charge is 2.38. The van der Waals surface area contributed by atoms with Crippen molar-refractivity contribution in [3.05, 3.63) is 35.7 Å². The van der Waals surface area contributed by atoms with E-state index in [-0.39, 0.29) is 24.7 Å². The Morgan fingerprint density at radius 1 is 1.22 bits per heavy atom. The lowest BCUT2D eigenvalue weighted by molar-refractivity contribution is -0.159. The molecule has 150 valence electrons. The van der Waals surface area contributed by atoms with Crippen molar-refractivity contribution in [2.45, 2.75) is 26.1 Å². The van der Waals surface area contributed by atoms with Crippen LogP contribution < -0.4 is 0 Å². The molecule has 1 heterocycles. The van der Waals surface area contributed by atoms with Gasteiger partial charge in [0, 0.05) is 25.8 Å². The van der Waals surface area contributed by atoms with Gasteiger partial charge in [-0.1, -0.05) is 36.3 Å². The molecule has 0 saturated carbocycles. The molecular weight excluding hydrogens is 387 g/mol. The van der Waals surface area contributed by atoms with Crippen molar-refractivity contribution in [2.75, 3.05) is 26.0 Å². The minimum absolute atomic E-state index is 0.0981. The van der Waals surface area contributed by atoms with Crippen LogP contribution in [-0.4, -0.2) is 48.9 Å². The van der Waals surface area contributed by atoms with Gasteiger partial charge in [-0.3, -0.25) is 0 Å². The van der Waals surface area contributed by atoms with Gasteiger partial charge in [0.15, 0.2) is 0 Å². The molecular formula is C16H20F3N3O4S. The Hall–Kier alpha value is -1.98. The number of hydrogen-bond acceptors (Lipinski definition) is 6. The number of aromatic nitrogens is 2. The molecule has 27 heavy (non-hydrogen) atoms. The van der Waals surface area contributed by atoms with Gasteiger partial charge in [-0.15, -0.1) is 0 Å². The first kappa shape index (κ1) is 21.3. The van der Waals surface area contributed by atoms with E-state index in [4.69, 9.17) is 4.74 Å². The van der Waals surface area contributed by atoms with Crippen LogP contribution in [0.5, 0.6) is 0 Å². The van der Waals surface area contributed by atoms with Gasteiger partial charge in [0.25, 0.3) is 0 Å². The molecule has 0 aliphatic carbocycles. The van der Waals surface area contributed by atoms with E-state index < -0.39 is 22.1 Å². The Kier molecular flexibility index (Phi) is 6.95. The van der Waals surface area contributed by atoms with Crippen LogP contribution in [0.3, 0.4) is 0 Å². The number of rotatable bonds is 9. The highest BCUT2D eigenvalue weighted by Crippen LogP contribution is 2.29. The normalized spacial score (nSPS) is 12.7. The SMILES string of the molecule is CCCN(Cc1ccc(-c2noc(C(F)(F)F)n2)cc1)S(=O)(=O)CCOC. The number of benzene rings is 1. The van der Waals surface area contributed by atoms with Crippen LogP contribution in [0, 0.1) is 0 Å². The van der Waals surface area contributed by atoms with Crippen LogP contribution in [0.4, 0.5) is 13.2 Å². The summed E-state index contributed by atoms with van der Waals surface area (Å²) in [6.07, 6.45) is -4.06. The van der Waals surface area contributed by atoms with E-state index in [9.17, 15) is 21.6 Å². The molecule has 0 atom stereocenters. The second kappa shape index (κ2) is 8.81. The number of nitrogens with zero attached hydrogens (tertiary/aromatic N) is 3. The van der Waals surface area contributed by atoms with Crippen LogP contribution in [0.25, 0.3) is 11.4 Å². The van der Waals surface area contributed by atoms with Crippen LogP contribution in [0.2, 0.25) is 0 Å². The lowest BCUT2D eigenvalue weighted by Gasteiger charge is -2.21. The molecule has 0 radical (unpaired) electrons. The lowest BCUT2D eigenvalue weighted by atomic mass is 10.1. The van der Waals surface area contributed by atoms with Gasteiger partial charge in [-0.2, -0.15) is 22.5 Å². The maximum Gasteiger partial charge on any atom is 0.471 e. The predicted octanol–water partition coefficient (Wildman–Crippen LogP) is 2.94. The smallest absolute Gasteiger partial charge is 0.384 e. The van der Waals surface area contributed by atoms with E-state index in [2.05, 4.69) is 14.7 Å². The molecule has 1 aromatic carbocycles. The minimum atomic E-state index is -4.71. The average molecular weight is 407 g/mol. The van der Waals surface area contributed by atoms with Crippen molar-refractivity contribution in [2.24, 2.45) is 0 Å². The second-order valence-corrected chi connectivity index (χ2v) is 7.85. The summed E-state index contributed by atoms with van der Waals surface area (Å²) in [6, 6.07) is 6.28. The Morgan fingerprint density at radius 3 is 2.41 bits per heavy atom. The van der Waals surface area contributed by atoms with Crippen molar-refractivity contribution in [3.63, 3.8) is 0 Å². The van der Waals surface area contributed by atoms with Crippen molar-refractivity contribution >= 4 is 10.0 Å². The number of ether oxygens (including phenoxy) is 1. The predicted molar refractivity (Wildman–Crippen MR) is 91.1 cm³/mol. The van der Waals surface area contributed by atoms with E-state index in [0.717, 1.165) is 0 Å². The van der Waals surface area contributed by atoms with E-state index in [1.165, 1.54) is 23.5 Å². The van der Waals surface area contributed by atoms with Gasteiger partial charge in [0.2, 0.25) is 15.8 Å². The topological polar surface area (TPSA) is 85.5 Å². The van der Waals surface area contributed by atoms with E-state index in [1.54, 1.807) is 12.1 Å². The summed E-state index contributed by atoms with van der Waals surface area (Å²) in [7, 11) is -2.05. The Morgan fingerprint density at radius 2 is 1.89 bits per heavy atom. The fourth-order valence-corrected chi connectivity index (χ4v) is 3.74. The molecule has 0 bridgehead atoms. The van der Waals surface area contributed by atoms with E-state index >= 15 is 0 Å². The molecule has 0 N–H and O–H groups in total. The third-order valence-electron chi connectivity index (χ3n) is 3.65. The highest BCUT2D eigenvalue weighted by atomic mass is 32.2. The quantitative estimate of drug-likeness (QED) is 0.635. The zero-order valence-electron chi connectivity index (χ0n) is 14.9. The summed E-state index contributed by atoms with van der Waals surface area (Å²) in [5.74, 6) is -1.73. The number of alkyl halides is 3. The molecule has 0 fully saturated rings. The summed E-state index contributed by atoms with van der Waals surface area (Å²) >= 11 is 0. The largest absolute Gasteiger partial charge is 0.471 e. The lowest BCUT2D eigenvalue weighted by Crippen LogP contribution is -2.34. The fraction of sp³-hybridized carbons (Fsp3) is 0.500. The van der Waals surface area contributed by atoms with Crippen LogP contribution >= 0.6 is 0 Å². The standard InChI is InChI=1S/C16H20F3N3O4S/c1-3-8-22(27(23,24)10-9-25-2)11-12-4-6-13(7-5-12)14-20-15(26-21-14)16(17,18)19/h4-7H,3,8-11H2,1-2H3. The van der Waals surface area contributed by atoms with Gasteiger partial charge in [-0.05, 0) is 12.0 Å². The first-order chi connectivity index (χ1) is 12.7. The van der Waals surface area contributed by atoms with Gasteiger partial charge >= 0.3 is 12.1 Å². The monoisotopic (exact) mass is 407 g/mol. The minimum Gasteiger partial charge on any atom is -0.384 e. The van der Waals surface area contributed by atoms with Crippen molar-refractivity contribution in [3.8, 4) is 11.4 Å². The maximum absolute atomic E-state index is 12.5. The fourth-order valence-electron chi connectivity index (χ4n) is 2.30. The number of halogens is 3. The third kappa shape index (κ3) is 5.75. The number of sulfonamides is 1. The summed E-state index contributed by atoms with van der Waals surface area (Å²) in [5.41, 5.74) is 1.02. The molecule has 0 spiro atoms. The third-order valence-corrected chi connectivity index (χ3v) is 5.43. The van der Waals surface area contributed by atoms with Crippen molar-refractivity contribution in [1.82, 2.24) is 14.4 Å². The van der Waals surface area contributed by atoms with Gasteiger partial charge in [0.05, 0.1) is 12.4 Å². The van der Waals surface area contributed by atoms with Gasteiger partial charge < -0.3 is 9.26 Å². The van der Waals surface area contributed by atoms with Gasteiger partial charge in [-0.25, -0.2) is 8.42 Å². The number of methoxy groups -OCH3 is 1. The summed E-state index contributed by atoms with van der Waals surface area (Å²) in [4.78, 5) is 3.32. The van der Waals surface area contributed by atoms with E-state index in [0.29, 0.717) is 24.1 Å². The molecule has 2 aromatic rings. The van der Waals surface area contributed by atoms with Crippen LogP contribution in [-0.2, 0) is 27.5 Å². The van der Waals surface area contributed by atoms with Crippen molar-refractivity contribution in [1.29, 1.82) is 0 Å². The summed E-state index contributed by atoms with van der Waals surface area (Å²) in [6.45, 7) is 2.48. The molecule has 11 heteroatoms. The first-order valence-electron chi connectivity index (χ1n) is 8.14. The molecule has 0 saturated heterocycles. The Bertz CT molecular complexity index is 835. The molecule has 0 unspecified atom stereocenters. The Balaban J connectivity index is 2.14. The van der Waals surface area contributed by atoms with Crippen molar-refractivity contribution < 1.29 is 30.8 Å².